The maximum atomic E-state index is 10.8. The Kier molecular flexibility index (Phi) is 9.11. The minimum atomic E-state index is -1.37. The summed E-state index contributed by atoms with van der Waals surface area (Å²) in [5, 5.41) is 47.9. The number of nitrogens with one attached hydrogen (secondary N) is 1. The molecule has 2 heterocycles. The van der Waals surface area contributed by atoms with Gasteiger partial charge < -0.3 is 34.8 Å². The van der Waals surface area contributed by atoms with E-state index in [2.05, 4.69) is 10.2 Å². The van der Waals surface area contributed by atoms with Crippen LogP contribution < -0.4 is 9.64 Å². The molecule has 0 amide bonds. The SMILES string of the molecule is OC[C@@H](O)[C@H]1OCCCCCCOc2cccc(c2)N(Cc2cn[nH]c2)C[C@@H](O)[C@H]1O. The third-order valence-electron chi connectivity index (χ3n) is 5.43. The van der Waals surface area contributed by atoms with E-state index in [1.807, 2.05) is 29.2 Å². The molecule has 0 fully saturated rings. The first-order chi connectivity index (χ1) is 15.1. The summed E-state index contributed by atoms with van der Waals surface area (Å²) in [7, 11) is 0. The summed E-state index contributed by atoms with van der Waals surface area (Å²) in [5.74, 6) is 0.744. The highest BCUT2D eigenvalue weighted by molar-refractivity contribution is 5.51. The average Bonchev–Trinajstić information content (AvgIpc) is 3.29. The van der Waals surface area contributed by atoms with Gasteiger partial charge in [-0.2, -0.15) is 5.10 Å². The molecular weight excluding hydrogens is 402 g/mol. The second kappa shape index (κ2) is 12.0. The largest absolute Gasteiger partial charge is 0.494 e. The van der Waals surface area contributed by atoms with Gasteiger partial charge in [0, 0.05) is 43.2 Å². The fraction of sp³-hybridized carbons (Fsp3) is 0.591. The molecule has 1 aromatic carbocycles. The molecule has 0 aliphatic carbocycles. The number of nitrogens with zero attached hydrogens (tertiary/aromatic N) is 2. The standard InChI is InChI=1S/C22H33N3O6/c26-15-20(28)22-21(29)19(27)14-25(13-16-11-23-24-12-16)17-6-5-7-18(10-17)30-8-3-1-2-4-9-31-22/h5-7,10-12,19-22,26-29H,1-4,8-9,13-15H2,(H,23,24)/t19-,20-,21-,22-/m1/s1. The van der Waals surface area contributed by atoms with E-state index in [0.29, 0.717) is 19.8 Å². The molecule has 1 aliphatic rings. The summed E-state index contributed by atoms with van der Waals surface area (Å²) in [6, 6.07) is 7.60. The number of hydrogen-bond donors (Lipinski definition) is 5. The van der Waals surface area contributed by atoms with Crippen LogP contribution in [0.2, 0.25) is 0 Å². The molecule has 0 unspecified atom stereocenters. The van der Waals surface area contributed by atoms with Crippen LogP contribution in [0.4, 0.5) is 5.69 Å². The van der Waals surface area contributed by atoms with Crippen LogP contribution in [0.3, 0.4) is 0 Å². The van der Waals surface area contributed by atoms with E-state index in [9.17, 15) is 20.4 Å². The first kappa shape index (κ1) is 23.5. The Labute approximate surface area is 182 Å². The van der Waals surface area contributed by atoms with E-state index in [1.165, 1.54) is 0 Å². The molecule has 5 N–H and O–H groups in total. The smallest absolute Gasteiger partial charge is 0.121 e. The molecule has 9 heteroatoms. The van der Waals surface area contributed by atoms with Crippen molar-refractivity contribution in [3.8, 4) is 5.75 Å². The topological polar surface area (TPSA) is 131 Å². The van der Waals surface area contributed by atoms with Gasteiger partial charge in [-0.3, -0.25) is 5.10 Å². The van der Waals surface area contributed by atoms with Crippen LogP contribution in [-0.2, 0) is 11.3 Å². The Morgan fingerprint density at radius 1 is 1.16 bits per heavy atom. The number of benzene rings is 1. The van der Waals surface area contributed by atoms with Crippen molar-refractivity contribution in [2.45, 2.75) is 56.6 Å². The Morgan fingerprint density at radius 2 is 1.97 bits per heavy atom. The maximum Gasteiger partial charge on any atom is 0.121 e. The van der Waals surface area contributed by atoms with Crippen LogP contribution in [0.15, 0.2) is 36.7 Å². The second-order valence-electron chi connectivity index (χ2n) is 7.89. The third-order valence-corrected chi connectivity index (χ3v) is 5.43. The summed E-state index contributed by atoms with van der Waals surface area (Å²) in [4.78, 5) is 1.90. The van der Waals surface area contributed by atoms with Gasteiger partial charge in [0.2, 0.25) is 0 Å². The van der Waals surface area contributed by atoms with E-state index < -0.39 is 31.0 Å². The van der Waals surface area contributed by atoms with Crippen molar-refractivity contribution in [2.24, 2.45) is 0 Å². The number of ether oxygens (including phenoxy) is 2. The summed E-state index contributed by atoms with van der Waals surface area (Å²) in [6.07, 6.45) is 2.04. The Balaban J connectivity index is 1.85. The average molecular weight is 436 g/mol. The lowest BCUT2D eigenvalue weighted by Gasteiger charge is -2.33. The lowest BCUT2D eigenvalue weighted by molar-refractivity contribution is -0.141. The summed E-state index contributed by atoms with van der Waals surface area (Å²) < 4.78 is 11.6. The van der Waals surface area contributed by atoms with Crippen molar-refractivity contribution in [1.82, 2.24) is 10.2 Å². The summed E-state index contributed by atoms with van der Waals surface area (Å²) in [6.45, 7) is 0.890. The van der Waals surface area contributed by atoms with Gasteiger partial charge in [0.05, 0.1) is 25.5 Å². The van der Waals surface area contributed by atoms with Crippen molar-refractivity contribution in [3.05, 3.63) is 42.2 Å². The monoisotopic (exact) mass is 435 g/mol. The molecule has 0 saturated carbocycles. The van der Waals surface area contributed by atoms with Crippen LogP contribution in [-0.4, -0.2) is 81.4 Å². The predicted octanol–water partition coefficient (Wildman–Crippen LogP) is 0.829. The van der Waals surface area contributed by atoms with Gasteiger partial charge in [-0.15, -0.1) is 0 Å². The minimum absolute atomic E-state index is 0.0772. The van der Waals surface area contributed by atoms with Gasteiger partial charge in [0.25, 0.3) is 0 Å². The molecule has 0 spiro atoms. The molecule has 2 aromatic rings. The number of hydrogen-bond acceptors (Lipinski definition) is 8. The summed E-state index contributed by atoms with van der Waals surface area (Å²) >= 11 is 0. The Hall–Kier alpha value is -2.17. The molecular formula is C22H33N3O6. The van der Waals surface area contributed by atoms with E-state index in [0.717, 1.165) is 42.7 Å². The molecule has 0 saturated heterocycles. The number of aromatic amines is 1. The zero-order chi connectivity index (χ0) is 22.1. The quantitative estimate of drug-likeness (QED) is 0.477. The van der Waals surface area contributed by atoms with Crippen molar-refractivity contribution in [3.63, 3.8) is 0 Å². The van der Waals surface area contributed by atoms with Gasteiger partial charge in [0.1, 0.15) is 24.1 Å². The molecule has 9 nitrogen and oxygen atoms in total. The number of rotatable bonds is 4. The number of H-pyrrole nitrogens is 1. The number of anilines is 1. The number of aliphatic hydroxyl groups excluding tert-OH is 4. The molecule has 4 atom stereocenters. The van der Waals surface area contributed by atoms with Crippen LogP contribution in [0.5, 0.6) is 5.75 Å². The molecule has 1 aromatic heterocycles. The molecule has 31 heavy (non-hydrogen) atoms. The van der Waals surface area contributed by atoms with Crippen LogP contribution in [0.25, 0.3) is 0 Å². The van der Waals surface area contributed by atoms with Crippen molar-refractivity contribution >= 4 is 5.69 Å². The zero-order valence-corrected chi connectivity index (χ0v) is 17.6. The number of aliphatic hydroxyl groups is 4. The van der Waals surface area contributed by atoms with Crippen molar-refractivity contribution in [1.29, 1.82) is 0 Å². The van der Waals surface area contributed by atoms with Gasteiger partial charge in [-0.05, 0) is 31.4 Å². The van der Waals surface area contributed by atoms with E-state index >= 15 is 0 Å². The van der Waals surface area contributed by atoms with Crippen molar-refractivity contribution in [2.75, 3.05) is 31.3 Å². The molecule has 172 valence electrons. The lowest BCUT2D eigenvalue weighted by Crippen LogP contribution is -2.51. The molecule has 0 radical (unpaired) electrons. The molecule has 1 aliphatic heterocycles. The Bertz CT molecular complexity index is 759. The van der Waals surface area contributed by atoms with Crippen LogP contribution >= 0.6 is 0 Å². The first-order valence-electron chi connectivity index (χ1n) is 10.8. The first-order valence-corrected chi connectivity index (χ1v) is 10.8. The minimum Gasteiger partial charge on any atom is -0.494 e. The fourth-order valence-corrected chi connectivity index (χ4v) is 3.68. The second-order valence-corrected chi connectivity index (χ2v) is 7.89. The lowest BCUT2D eigenvalue weighted by atomic mass is 10.0. The maximum absolute atomic E-state index is 10.8. The van der Waals surface area contributed by atoms with E-state index in [-0.39, 0.29) is 6.54 Å². The highest BCUT2D eigenvalue weighted by Crippen LogP contribution is 2.25. The normalized spacial score (nSPS) is 25.0. The van der Waals surface area contributed by atoms with Gasteiger partial charge in [-0.1, -0.05) is 12.5 Å². The van der Waals surface area contributed by atoms with E-state index in [4.69, 9.17) is 9.47 Å². The van der Waals surface area contributed by atoms with Crippen LogP contribution in [0, 0.1) is 0 Å². The highest BCUT2D eigenvalue weighted by Gasteiger charge is 2.33. The fourth-order valence-electron chi connectivity index (χ4n) is 3.68. The van der Waals surface area contributed by atoms with Gasteiger partial charge >= 0.3 is 0 Å². The Morgan fingerprint density at radius 3 is 2.71 bits per heavy atom. The highest BCUT2D eigenvalue weighted by atomic mass is 16.5. The van der Waals surface area contributed by atoms with Crippen molar-refractivity contribution < 1.29 is 29.9 Å². The van der Waals surface area contributed by atoms with Gasteiger partial charge in [0.15, 0.2) is 0 Å². The van der Waals surface area contributed by atoms with Crippen LogP contribution in [0.1, 0.15) is 31.2 Å². The molecule has 2 bridgehead atoms. The molecule has 3 rings (SSSR count). The number of aromatic nitrogens is 2. The number of fused-ring (bicyclic) bond motifs is 2. The zero-order valence-electron chi connectivity index (χ0n) is 17.6. The predicted molar refractivity (Wildman–Crippen MR) is 115 cm³/mol. The summed E-state index contributed by atoms with van der Waals surface area (Å²) in [5.41, 5.74) is 1.72. The van der Waals surface area contributed by atoms with Gasteiger partial charge in [-0.25, -0.2) is 0 Å². The van der Waals surface area contributed by atoms with E-state index in [1.54, 1.807) is 12.4 Å². The third kappa shape index (κ3) is 6.91. The number of β-amino-alcohol motifs (C(OH)–C–C–N with tert-alkyl or cyclic N) is 1.